The molecule has 0 radical (unpaired) electrons. The molecule has 0 unspecified atom stereocenters. The number of aromatic carboxylic acids is 1. The molecule has 0 amide bonds. The molecule has 0 atom stereocenters. The molecular weight excluding hydrogens is 303 g/mol. The van der Waals surface area contributed by atoms with Crippen LogP contribution in [0.2, 0.25) is 0 Å². The van der Waals surface area contributed by atoms with E-state index in [9.17, 15) is 17.6 Å². The first-order valence-corrected chi connectivity index (χ1v) is 7.64. The van der Waals surface area contributed by atoms with Crippen LogP contribution in [0.3, 0.4) is 0 Å². The molecule has 2 N–H and O–H groups in total. The smallest absolute Gasteiger partial charge is 0.335 e. The topological polar surface area (TPSA) is 95.9 Å². The molecule has 116 valence electrons. The van der Waals surface area contributed by atoms with Gasteiger partial charge in [-0.2, -0.15) is 12.7 Å². The van der Waals surface area contributed by atoms with Gasteiger partial charge in [-0.3, -0.25) is 4.72 Å². The fraction of sp³-hybridized carbons (Fsp3) is 0.417. The number of carboxylic acid groups (broad SMARTS) is 1. The third-order valence-electron chi connectivity index (χ3n) is 3.08. The van der Waals surface area contributed by atoms with Crippen molar-refractivity contribution in [1.82, 2.24) is 4.31 Å². The monoisotopic (exact) mass is 318 g/mol. The van der Waals surface area contributed by atoms with E-state index in [-0.39, 0.29) is 43.1 Å². The Hall–Kier alpha value is -1.71. The van der Waals surface area contributed by atoms with E-state index in [2.05, 4.69) is 4.72 Å². The molecule has 21 heavy (non-hydrogen) atoms. The van der Waals surface area contributed by atoms with Crippen molar-refractivity contribution in [3.8, 4) is 0 Å². The fourth-order valence-electron chi connectivity index (χ4n) is 1.98. The van der Waals surface area contributed by atoms with Crippen LogP contribution >= 0.6 is 0 Å². The van der Waals surface area contributed by atoms with Crippen LogP contribution in [0.25, 0.3) is 0 Å². The van der Waals surface area contributed by atoms with E-state index in [4.69, 9.17) is 9.84 Å². The molecule has 1 saturated heterocycles. The number of aryl methyl sites for hydroxylation is 1. The van der Waals surface area contributed by atoms with Crippen molar-refractivity contribution in [2.45, 2.75) is 6.92 Å². The van der Waals surface area contributed by atoms with E-state index in [1.54, 1.807) is 0 Å². The summed E-state index contributed by atoms with van der Waals surface area (Å²) >= 11 is 0. The maximum absolute atomic E-state index is 13.9. The number of carbonyl (C=O) groups is 1. The van der Waals surface area contributed by atoms with Gasteiger partial charge in [-0.15, -0.1) is 0 Å². The average Bonchev–Trinajstić information content (AvgIpc) is 2.43. The number of hydrogen-bond donors (Lipinski definition) is 2. The molecule has 1 fully saturated rings. The van der Waals surface area contributed by atoms with E-state index in [1.807, 2.05) is 0 Å². The van der Waals surface area contributed by atoms with E-state index in [1.165, 1.54) is 13.0 Å². The predicted octanol–water partition coefficient (Wildman–Crippen LogP) is 0.821. The zero-order chi connectivity index (χ0) is 15.6. The lowest BCUT2D eigenvalue weighted by molar-refractivity contribution is 0.0696. The Bertz CT molecular complexity index is 633. The Labute approximate surface area is 121 Å². The van der Waals surface area contributed by atoms with E-state index < -0.39 is 22.0 Å². The van der Waals surface area contributed by atoms with E-state index in [0.717, 1.165) is 10.4 Å². The first-order chi connectivity index (χ1) is 9.81. The predicted molar refractivity (Wildman–Crippen MR) is 73.0 cm³/mol. The Morgan fingerprint density at radius 2 is 2.00 bits per heavy atom. The van der Waals surface area contributed by atoms with Crippen LogP contribution in [0.15, 0.2) is 12.1 Å². The second-order valence-electron chi connectivity index (χ2n) is 4.57. The number of carboxylic acids is 1. The Balaban J connectivity index is 2.28. The molecule has 1 aromatic carbocycles. The van der Waals surface area contributed by atoms with Crippen molar-refractivity contribution in [2.24, 2.45) is 0 Å². The summed E-state index contributed by atoms with van der Waals surface area (Å²) in [6.45, 7) is 2.36. The van der Waals surface area contributed by atoms with Crippen LogP contribution in [-0.4, -0.2) is 50.1 Å². The van der Waals surface area contributed by atoms with Crippen molar-refractivity contribution in [1.29, 1.82) is 0 Å². The van der Waals surface area contributed by atoms with Gasteiger partial charge < -0.3 is 9.84 Å². The second kappa shape index (κ2) is 5.96. The molecule has 0 aromatic heterocycles. The zero-order valence-corrected chi connectivity index (χ0v) is 12.1. The van der Waals surface area contributed by atoms with Crippen molar-refractivity contribution in [3.05, 3.63) is 29.1 Å². The molecule has 0 bridgehead atoms. The average molecular weight is 318 g/mol. The lowest BCUT2D eigenvalue weighted by atomic mass is 10.1. The highest BCUT2D eigenvalue weighted by molar-refractivity contribution is 7.90. The number of rotatable bonds is 4. The van der Waals surface area contributed by atoms with Gasteiger partial charge in [0, 0.05) is 13.1 Å². The van der Waals surface area contributed by atoms with Gasteiger partial charge in [0.25, 0.3) is 0 Å². The van der Waals surface area contributed by atoms with E-state index >= 15 is 0 Å². The van der Waals surface area contributed by atoms with Crippen LogP contribution in [0.1, 0.15) is 15.9 Å². The number of benzene rings is 1. The highest BCUT2D eigenvalue weighted by Gasteiger charge is 2.26. The van der Waals surface area contributed by atoms with Gasteiger partial charge in [0.05, 0.1) is 24.5 Å². The van der Waals surface area contributed by atoms with Gasteiger partial charge in [0.1, 0.15) is 5.82 Å². The van der Waals surface area contributed by atoms with Crippen LogP contribution < -0.4 is 4.72 Å². The minimum Gasteiger partial charge on any atom is -0.478 e. The number of morpholine rings is 1. The maximum atomic E-state index is 13.9. The van der Waals surface area contributed by atoms with Gasteiger partial charge in [-0.25, -0.2) is 9.18 Å². The number of nitrogens with one attached hydrogen (secondary N) is 1. The van der Waals surface area contributed by atoms with Gasteiger partial charge in [-0.05, 0) is 24.6 Å². The second-order valence-corrected chi connectivity index (χ2v) is 6.24. The van der Waals surface area contributed by atoms with Gasteiger partial charge >= 0.3 is 16.2 Å². The van der Waals surface area contributed by atoms with Crippen LogP contribution in [0.4, 0.5) is 10.1 Å². The zero-order valence-electron chi connectivity index (χ0n) is 11.3. The van der Waals surface area contributed by atoms with Gasteiger partial charge in [0.15, 0.2) is 0 Å². The lowest BCUT2D eigenvalue weighted by Crippen LogP contribution is -2.43. The lowest BCUT2D eigenvalue weighted by Gasteiger charge is -2.26. The summed E-state index contributed by atoms with van der Waals surface area (Å²) in [7, 11) is -3.90. The quantitative estimate of drug-likeness (QED) is 0.857. The Morgan fingerprint density at radius 3 is 2.52 bits per heavy atom. The minimum absolute atomic E-state index is 0.184. The molecule has 1 aliphatic heterocycles. The van der Waals surface area contributed by atoms with Crippen LogP contribution in [0, 0.1) is 12.7 Å². The third kappa shape index (κ3) is 3.49. The van der Waals surface area contributed by atoms with Gasteiger partial charge in [-0.1, -0.05) is 0 Å². The number of ether oxygens (including phenoxy) is 1. The molecule has 0 spiro atoms. The fourth-order valence-corrected chi connectivity index (χ4v) is 3.25. The third-order valence-corrected chi connectivity index (χ3v) is 4.58. The van der Waals surface area contributed by atoms with Crippen molar-refractivity contribution in [2.75, 3.05) is 31.0 Å². The highest BCUT2D eigenvalue weighted by Crippen LogP contribution is 2.23. The van der Waals surface area contributed by atoms with Crippen molar-refractivity contribution < 1.29 is 27.4 Å². The summed E-state index contributed by atoms with van der Waals surface area (Å²) in [4.78, 5) is 10.8. The minimum atomic E-state index is -3.90. The first kappa shape index (κ1) is 15.7. The molecule has 9 heteroatoms. The summed E-state index contributed by atoms with van der Waals surface area (Å²) in [6, 6.07) is 2.00. The van der Waals surface area contributed by atoms with Crippen molar-refractivity contribution in [3.63, 3.8) is 0 Å². The highest BCUT2D eigenvalue weighted by atomic mass is 32.2. The number of halogens is 1. The summed E-state index contributed by atoms with van der Waals surface area (Å²) in [5.74, 6) is -2.20. The summed E-state index contributed by atoms with van der Waals surface area (Å²) in [6.07, 6.45) is 0. The first-order valence-electron chi connectivity index (χ1n) is 6.20. The molecule has 1 aliphatic rings. The number of nitrogens with zero attached hydrogens (tertiary/aromatic N) is 1. The van der Waals surface area contributed by atoms with Crippen LogP contribution in [0.5, 0.6) is 0 Å². The molecule has 2 rings (SSSR count). The molecule has 0 aliphatic carbocycles. The SMILES string of the molecule is Cc1cc(C(=O)O)cc(F)c1NS(=O)(=O)N1CCOCC1. The molecule has 7 nitrogen and oxygen atoms in total. The normalized spacial score (nSPS) is 16.7. The summed E-state index contributed by atoms with van der Waals surface area (Å²) in [5, 5.41) is 8.83. The molecule has 0 saturated carbocycles. The molecule has 1 aromatic rings. The standard InChI is InChI=1S/C12H15FN2O5S/c1-8-6-9(12(16)17)7-10(13)11(8)14-21(18,19)15-2-4-20-5-3-15/h6-7,14H,2-5H2,1H3,(H,16,17). The summed E-state index contributed by atoms with van der Waals surface area (Å²) in [5.41, 5.74) is -0.282. The van der Waals surface area contributed by atoms with Gasteiger partial charge in [0.2, 0.25) is 0 Å². The van der Waals surface area contributed by atoms with Crippen LogP contribution in [-0.2, 0) is 14.9 Å². The molecular formula is C12H15FN2O5S. The number of hydrogen-bond acceptors (Lipinski definition) is 4. The maximum Gasteiger partial charge on any atom is 0.335 e. The molecule has 1 heterocycles. The Kier molecular flexibility index (Phi) is 4.45. The van der Waals surface area contributed by atoms with Crippen molar-refractivity contribution >= 4 is 21.9 Å². The summed E-state index contributed by atoms with van der Waals surface area (Å²) < 4.78 is 46.6. The largest absolute Gasteiger partial charge is 0.478 e. The van der Waals surface area contributed by atoms with E-state index in [0.29, 0.717) is 0 Å². The number of anilines is 1. The Morgan fingerprint density at radius 1 is 1.38 bits per heavy atom.